The second-order valence-electron chi connectivity index (χ2n) is 3.25. The van der Waals surface area contributed by atoms with Crippen LogP contribution in [0.1, 0.15) is 25.7 Å². The summed E-state index contributed by atoms with van der Waals surface area (Å²) >= 11 is 0. The second kappa shape index (κ2) is 3.94. The van der Waals surface area contributed by atoms with Gasteiger partial charge in [0.05, 0.1) is 0 Å². The standard InChI is InChI=1S/C8H17NO/c1-10-6-7-3-2-4-8(9)5-7/h7-8H,2-6,9H2,1H3/t7-,8+/m1/s1. The maximum Gasteiger partial charge on any atom is 0.0491 e. The van der Waals surface area contributed by atoms with Gasteiger partial charge in [-0.05, 0) is 25.2 Å². The van der Waals surface area contributed by atoms with Gasteiger partial charge >= 0.3 is 0 Å². The summed E-state index contributed by atoms with van der Waals surface area (Å²) in [6.45, 7) is 0.897. The van der Waals surface area contributed by atoms with E-state index in [4.69, 9.17) is 10.5 Å². The monoisotopic (exact) mass is 143 g/mol. The first-order valence-electron chi connectivity index (χ1n) is 4.07. The highest BCUT2D eigenvalue weighted by atomic mass is 16.5. The third kappa shape index (κ3) is 2.27. The molecule has 0 saturated heterocycles. The Bertz CT molecular complexity index is 93.3. The van der Waals surface area contributed by atoms with Crippen molar-refractivity contribution in [2.75, 3.05) is 13.7 Å². The Morgan fingerprint density at radius 1 is 1.50 bits per heavy atom. The van der Waals surface area contributed by atoms with Gasteiger partial charge in [-0.2, -0.15) is 0 Å². The van der Waals surface area contributed by atoms with Gasteiger partial charge in [0.25, 0.3) is 0 Å². The summed E-state index contributed by atoms with van der Waals surface area (Å²) in [4.78, 5) is 0. The Kier molecular flexibility index (Phi) is 3.16. The number of methoxy groups -OCH3 is 1. The van der Waals surface area contributed by atoms with Crippen LogP contribution >= 0.6 is 0 Å². The Labute approximate surface area is 62.7 Å². The fourth-order valence-electron chi connectivity index (χ4n) is 1.72. The van der Waals surface area contributed by atoms with Crippen molar-refractivity contribution < 1.29 is 4.74 Å². The van der Waals surface area contributed by atoms with E-state index in [0.717, 1.165) is 18.9 Å². The molecule has 10 heavy (non-hydrogen) atoms. The Balaban J connectivity index is 2.18. The number of ether oxygens (including phenoxy) is 1. The predicted octanol–water partition coefficient (Wildman–Crippen LogP) is 1.15. The van der Waals surface area contributed by atoms with Crippen molar-refractivity contribution in [3.05, 3.63) is 0 Å². The number of hydrogen-bond donors (Lipinski definition) is 1. The van der Waals surface area contributed by atoms with Crippen molar-refractivity contribution >= 4 is 0 Å². The van der Waals surface area contributed by atoms with Crippen LogP contribution in [0.3, 0.4) is 0 Å². The van der Waals surface area contributed by atoms with E-state index < -0.39 is 0 Å². The summed E-state index contributed by atoms with van der Waals surface area (Å²) in [6.07, 6.45) is 4.96. The van der Waals surface area contributed by atoms with E-state index in [2.05, 4.69) is 0 Å². The number of hydrogen-bond acceptors (Lipinski definition) is 2. The zero-order chi connectivity index (χ0) is 7.40. The van der Waals surface area contributed by atoms with E-state index in [1.54, 1.807) is 7.11 Å². The molecule has 2 N–H and O–H groups in total. The molecule has 0 aromatic heterocycles. The van der Waals surface area contributed by atoms with Gasteiger partial charge in [0.2, 0.25) is 0 Å². The zero-order valence-corrected chi connectivity index (χ0v) is 6.68. The van der Waals surface area contributed by atoms with Crippen LogP contribution in [0.5, 0.6) is 0 Å². The maximum atomic E-state index is 5.80. The van der Waals surface area contributed by atoms with Crippen molar-refractivity contribution in [2.45, 2.75) is 31.7 Å². The second-order valence-corrected chi connectivity index (χ2v) is 3.25. The van der Waals surface area contributed by atoms with Gasteiger partial charge < -0.3 is 10.5 Å². The van der Waals surface area contributed by atoms with Crippen molar-refractivity contribution in [3.8, 4) is 0 Å². The van der Waals surface area contributed by atoms with Gasteiger partial charge in [-0.25, -0.2) is 0 Å². The molecule has 1 aliphatic carbocycles. The molecule has 1 aliphatic rings. The molecular weight excluding hydrogens is 126 g/mol. The molecule has 1 fully saturated rings. The summed E-state index contributed by atoms with van der Waals surface area (Å²) in [6, 6.07) is 0.439. The minimum absolute atomic E-state index is 0.439. The molecular formula is C8H17NO. The van der Waals surface area contributed by atoms with Crippen molar-refractivity contribution in [1.82, 2.24) is 0 Å². The van der Waals surface area contributed by atoms with Gasteiger partial charge in [0.1, 0.15) is 0 Å². The molecule has 0 bridgehead atoms. The van der Waals surface area contributed by atoms with E-state index in [1.807, 2.05) is 0 Å². The van der Waals surface area contributed by atoms with Crippen LogP contribution in [0.4, 0.5) is 0 Å². The van der Waals surface area contributed by atoms with Crippen LogP contribution in [-0.2, 0) is 4.74 Å². The lowest BCUT2D eigenvalue weighted by Gasteiger charge is -2.25. The molecule has 1 saturated carbocycles. The fraction of sp³-hybridized carbons (Fsp3) is 1.00. The molecule has 0 unspecified atom stereocenters. The van der Waals surface area contributed by atoms with Crippen molar-refractivity contribution in [3.63, 3.8) is 0 Å². The minimum atomic E-state index is 0.439. The lowest BCUT2D eigenvalue weighted by atomic mass is 9.87. The molecule has 1 rings (SSSR count). The van der Waals surface area contributed by atoms with E-state index in [1.165, 1.54) is 19.3 Å². The van der Waals surface area contributed by atoms with Gasteiger partial charge in [0.15, 0.2) is 0 Å². The van der Waals surface area contributed by atoms with Crippen LogP contribution in [0, 0.1) is 5.92 Å². The smallest absolute Gasteiger partial charge is 0.0491 e. The van der Waals surface area contributed by atoms with Gasteiger partial charge in [-0.1, -0.05) is 6.42 Å². The molecule has 2 atom stereocenters. The first-order valence-corrected chi connectivity index (χ1v) is 4.07. The largest absolute Gasteiger partial charge is 0.384 e. The lowest BCUT2D eigenvalue weighted by molar-refractivity contribution is 0.126. The normalized spacial score (nSPS) is 34.2. The highest BCUT2D eigenvalue weighted by Crippen LogP contribution is 2.22. The Hall–Kier alpha value is -0.0800. The van der Waals surface area contributed by atoms with Crippen molar-refractivity contribution in [1.29, 1.82) is 0 Å². The fourth-order valence-corrected chi connectivity index (χ4v) is 1.72. The van der Waals surface area contributed by atoms with Gasteiger partial charge in [-0.3, -0.25) is 0 Å². The van der Waals surface area contributed by atoms with Gasteiger partial charge in [0, 0.05) is 19.8 Å². The topological polar surface area (TPSA) is 35.2 Å². The molecule has 2 heteroatoms. The van der Waals surface area contributed by atoms with E-state index in [-0.39, 0.29) is 0 Å². The highest BCUT2D eigenvalue weighted by molar-refractivity contribution is 4.74. The number of nitrogens with two attached hydrogens (primary N) is 1. The van der Waals surface area contributed by atoms with Gasteiger partial charge in [-0.15, -0.1) is 0 Å². The minimum Gasteiger partial charge on any atom is -0.384 e. The summed E-state index contributed by atoms with van der Waals surface area (Å²) in [7, 11) is 1.76. The first-order chi connectivity index (χ1) is 4.83. The highest BCUT2D eigenvalue weighted by Gasteiger charge is 2.18. The molecule has 60 valence electrons. The summed E-state index contributed by atoms with van der Waals surface area (Å²) in [5.74, 6) is 0.730. The van der Waals surface area contributed by atoms with Crippen LogP contribution in [0.15, 0.2) is 0 Å². The number of rotatable bonds is 2. The SMILES string of the molecule is COC[C@@H]1CCC[C@H](N)C1. The molecule has 0 spiro atoms. The Morgan fingerprint density at radius 3 is 2.90 bits per heavy atom. The van der Waals surface area contributed by atoms with E-state index in [0.29, 0.717) is 6.04 Å². The van der Waals surface area contributed by atoms with E-state index in [9.17, 15) is 0 Å². The molecule has 0 aromatic rings. The molecule has 2 nitrogen and oxygen atoms in total. The molecule has 0 aromatic carbocycles. The average molecular weight is 143 g/mol. The predicted molar refractivity (Wildman–Crippen MR) is 41.8 cm³/mol. The molecule has 0 heterocycles. The molecule has 0 aliphatic heterocycles. The van der Waals surface area contributed by atoms with Crippen LogP contribution < -0.4 is 5.73 Å². The average Bonchev–Trinajstić information content (AvgIpc) is 1.88. The summed E-state index contributed by atoms with van der Waals surface area (Å²) in [5.41, 5.74) is 5.80. The summed E-state index contributed by atoms with van der Waals surface area (Å²) < 4.78 is 5.07. The molecule has 0 amide bonds. The summed E-state index contributed by atoms with van der Waals surface area (Å²) in [5, 5.41) is 0. The molecule has 0 radical (unpaired) electrons. The van der Waals surface area contributed by atoms with Crippen LogP contribution in [-0.4, -0.2) is 19.8 Å². The first kappa shape index (κ1) is 8.02. The van der Waals surface area contributed by atoms with Crippen LogP contribution in [0.2, 0.25) is 0 Å². The lowest BCUT2D eigenvalue weighted by Crippen LogP contribution is -2.29. The third-order valence-electron chi connectivity index (χ3n) is 2.23. The Morgan fingerprint density at radius 2 is 2.30 bits per heavy atom. The third-order valence-corrected chi connectivity index (χ3v) is 2.23. The zero-order valence-electron chi connectivity index (χ0n) is 6.68. The van der Waals surface area contributed by atoms with Crippen molar-refractivity contribution in [2.24, 2.45) is 11.7 Å². The quantitative estimate of drug-likeness (QED) is 0.629. The van der Waals surface area contributed by atoms with Crippen LogP contribution in [0.25, 0.3) is 0 Å². The van der Waals surface area contributed by atoms with E-state index >= 15 is 0 Å². The maximum absolute atomic E-state index is 5.80.